The molecule has 5 nitrogen and oxygen atoms in total. The first-order valence-corrected chi connectivity index (χ1v) is 7.49. The number of aromatic nitrogens is 1. The standard InChI is InChI=1S/C16H19N3O2/c20-15-13(18-10-12-8-4-5-9-17-12)14(16(15)21)19-11-6-2-1-3-7-11/h4-5,8-9,11,18-19H,1-3,6-7,10H2. The summed E-state index contributed by atoms with van der Waals surface area (Å²) in [5, 5.41) is 6.29. The van der Waals surface area contributed by atoms with Gasteiger partial charge in [0.1, 0.15) is 11.4 Å². The van der Waals surface area contributed by atoms with Crippen molar-refractivity contribution >= 4 is 11.4 Å². The van der Waals surface area contributed by atoms with Gasteiger partial charge >= 0.3 is 0 Å². The van der Waals surface area contributed by atoms with Crippen molar-refractivity contribution in [1.29, 1.82) is 0 Å². The second kappa shape index (κ2) is 6.08. The van der Waals surface area contributed by atoms with Crippen molar-refractivity contribution in [3.8, 4) is 0 Å². The highest BCUT2D eigenvalue weighted by atomic mass is 16.2. The Kier molecular flexibility index (Phi) is 3.99. The van der Waals surface area contributed by atoms with Crippen LogP contribution in [0.25, 0.3) is 0 Å². The SMILES string of the molecule is O=c1c(NCc2ccccn2)c(NC2CCCCC2)c1=O. The summed E-state index contributed by atoms with van der Waals surface area (Å²) in [6.07, 6.45) is 7.47. The molecule has 1 aromatic heterocycles. The maximum atomic E-state index is 11.7. The number of hydrogen-bond acceptors (Lipinski definition) is 5. The van der Waals surface area contributed by atoms with Crippen molar-refractivity contribution in [2.75, 3.05) is 10.6 Å². The average molecular weight is 285 g/mol. The normalized spacial score (nSPS) is 16.0. The van der Waals surface area contributed by atoms with Crippen molar-refractivity contribution < 1.29 is 0 Å². The van der Waals surface area contributed by atoms with Gasteiger partial charge in [0.05, 0.1) is 12.2 Å². The lowest BCUT2D eigenvalue weighted by Gasteiger charge is -2.25. The molecule has 0 amide bonds. The van der Waals surface area contributed by atoms with Crippen LogP contribution in [0.3, 0.4) is 0 Å². The largest absolute Gasteiger partial charge is 0.377 e. The van der Waals surface area contributed by atoms with E-state index in [1.807, 2.05) is 18.2 Å². The molecular formula is C16H19N3O2. The number of pyridine rings is 1. The lowest BCUT2D eigenvalue weighted by molar-refractivity contribution is 0.462. The number of nitrogens with zero attached hydrogens (tertiary/aromatic N) is 1. The maximum Gasteiger partial charge on any atom is 0.253 e. The summed E-state index contributed by atoms with van der Waals surface area (Å²) in [7, 11) is 0. The van der Waals surface area contributed by atoms with Gasteiger partial charge in [0.25, 0.3) is 10.9 Å². The van der Waals surface area contributed by atoms with E-state index in [2.05, 4.69) is 15.6 Å². The minimum Gasteiger partial charge on any atom is -0.377 e. The number of nitrogens with one attached hydrogen (secondary N) is 2. The topological polar surface area (TPSA) is 71.1 Å². The molecule has 0 unspecified atom stereocenters. The minimum atomic E-state index is -0.427. The highest BCUT2D eigenvalue weighted by Gasteiger charge is 2.24. The van der Waals surface area contributed by atoms with Crippen LogP contribution in [0.4, 0.5) is 11.4 Å². The first kappa shape index (κ1) is 13.8. The molecule has 1 fully saturated rings. The fourth-order valence-corrected chi connectivity index (χ4v) is 2.83. The van der Waals surface area contributed by atoms with Crippen LogP contribution in [0.1, 0.15) is 37.8 Å². The fraction of sp³-hybridized carbons (Fsp3) is 0.438. The van der Waals surface area contributed by atoms with Gasteiger partial charge in [0, 0.05) is 12.2 Å². The Bertz CT molecular complexity index is 668. The Balaban J connectivity index is 1.67. The molecule has 1 aliphatic carbocycles. The third-order valence-corrected chi connectivity index (χ3v) is 4.04. The Hall–Kier alpha value is -2.17. The van der Waals surface area contributed by atoms with Crippen LogP contribution in [-0.4, -0.2) is 11.0 Å². The van der Waals surface area contributed by atoms with Gasteiger partial charge in [-0.25, -0.2) is 0 Å². The predicted octanol–water partition coefficient (Wildman–Crippen LogP) is 2.03. The van der Waals surface area contributed by atoms with Gasteiger partial charge < -0.3 is 10.6 Å². The fourth-order valence-electron chi connectivity index (χ4n) is 2.83. The Morgan fingerprint density at radius 1 is 1.05 bits per heavy atom. The van der Waals surface area contributed by atoms with Gasteiger partial charge in [-0.05, 0) is 25.0 Å². The molecule has 0 radical (unpaired) electrons. The summed E-state index contributed by atoms with van der Waals surface area (Å²) in [5.74, 6) is 0. The number of anilines is 2. The molecule has 5 heteroatoms. The van der Waals surface area contributed by atoms with Gasteiger partial charge in [0.15, 0.2) is 0 Å². The Labute approximate surface area is 123 Å². The minimum absolute atomic E-state index is 0.317. The quantitative estimate of drug-likeness (QED) is 0.823. The van der Waals surface area contributed by atoms with E-state index in [0.717, 1.165) is 18.5 Å². The van der Waals surface area contributed by atoms with E-state index < -0.39 is 10.9 Å². The van der Waals surface area contributed by atoms with Gasteiger partial charge in [-0.3, -0.25) is 14.6 Å². The summed E-state index contributed by atoms with van der Waals surface area (Å²) in [5.41, 5.74) is 0.890. The van der Waals surface area contributed by atoms with Crippen LogP contribution in [0, 0.1) is 0 Å². The number of rotatable bonds is 5. The zero-order valence-corrected chi connectivity index (χ0v) is 11.9. The smallest absolute Gasteiger partial charge is 0.253 e. The molecule has 0 aliphatic heterocycles. The van der Waals surface area contributed by atoms with Gasteiger partial charge in [0.2, 0.25) is 0 Å². The summed E-state index contributed by atoms with van der Waals surface area (Å²) in [6.45, 7) is 0.449. The van der Waals surface area contributed by atoms with E-state index >= 15 is 0 Å². The summed E-state index contributed by atoms with van der Waals surface area (Å²) < 4.78 is 0. The lowest BCUT2D eigenvalue weighted by atomic mass is 9.95. The zero-order chi connectivity index (χ0) is 14.7. The third kappa shape index (κ3) is 2.96. The van der Waals surface area contributed by atoms with Crippen LogP contribution in [0.15, 0.2) is 34.0 Å². The highest BCUT2D eigenvalue weighted by molar-refractivity contribution is 5.74. The molecule has 1 heterocycles. The summed E-state index contributed by atoms with van der Waals surface area (Å²) in [4.78, 5) is 27.6. The summed E-state index contributed by atoms with van der Waals surface area (Å²) >= 11 is 0. The van der Waals surface area contributed by atoms with Gasteiger partial charge in [-0.1, -0.05) is 25.3 Å². The van der Waals surface area contributed by atoms with Crippen LogP contribution in [0.5, 0.6) is 0 Å². The molecular weight excluding hydrogens is 266 g/mol. The molecule has 0 saturated heterocycles. The van der Waals surface area contributed by atoms with Crippen LogP contribution in [0.2, 0.25) is 0 Å². The first-order chi connectivity index (χ1) is 10.3. The maximum absolute atomic E-state index is 11.7. The van der Waals surface area contributed by atoms with Crippen molar-refractivity contribution in [3.05, 3.63) is 50.5 Å². The molecule has 1 aromatic carbocycles. The molecule has 21 heavy (non-hydrogen) atoms. The van der Waals surface area contributed by atoms with Gasteiger partial charge in [-0.15, -0.1) is 0 Å². The molecule has 0 spiro atoms. The second-order valence-electron chi connectivity index (χ2n) is 5.56. The molecule has 110 valence electrons. The van der Waals surface area contributed by atoms with E-state index in [0.29, 0.717) is 24.0 Å². The summed E-state index contributed by atoms with van der Waals surface area (Å²) in [6, 6.07) is 5.94. The Morgan fingerprint density at radius 3 is 2.52 bits per heavy atom. The van der Waals surface area contributed by atoms with Crippen molar-refractivity contribution in [2.24, 2.45) is 0 Å². The van der Waals surface area contributed by atoms with E-state index in [1.54, 1.807) is 6.20 Å². The molecule has 2 N–H and O–H groups in total. The lowest BCUT2D eigenvalue weighted by Crippen LogP contribution is -2.40. The van der Waals surface area contributed by atoms with E-state index in [1.165, 1.54) is 19.3 Å². The second-order valence-corrected chi connectivity index (χ2v) is 5.56. The molecule has 0 bridgehead atoms. The van der Waals surface area contributed by atoms with Crippen molar-refractivity contribution in [2.45, 2.75) is 44.7 Å². The molecule has 3 rings (SSSR count). The third-order valence-electron chi connectivity index (χ3n) is 4.04. The predicted molar refractivity (Wildman–Crippen MR) is 83.4 cm³/mol. The van der Waals surface area contributed by atoms with Crippen molar-refractivity contribution in [3.63, 3.8) is 0 Å². The van der Waals surface area contributed by atoms with E-state index in [4.69, 9.17) is 0 Å². The van der Waals surface area contributed by atoms with E-state index in [-0.39, 0.29) is 0 Å². The first-order valence-electron chi connectivity index (χ1n) is 7.49. The van der Waals surface area contributed by atoms with Crippen LogP contribution >= 0.6 is 0 Å². The van der Waals surface area contributed by atoms with Crippen molar-refractivity contribution in [1.82, 2.24) is 4.98 Å². The molecule has 2 aromatic rings. The molecule has 0 atom stereocenters. The molecule has 1 saturated carbocycles. The monoisotopic (exact) mass is 285 g/mol. The van der Waals surface area contributed by atoms with E-state index in [9.17, 15) is 9.59 Å². The average Bonchev–Trinajstić information content (AvgIpc) is 2.55. The zero-order valence-electron chi connectivity index (χ0n) is 11.9. The molecule has 1 aliphatic rings. The Morgan fingerprint density at radius 2 is 1.81 bits per heavy atom. The van der Waals surface area contributed by atoms with Crippen LogP contribution in [-0.2, 0) is 6.54 Å². The van der Waals surface area contributed by atoms with Gasteiger partial charge in [-0.2, -0.15) is 0 Å². The van der Waals surface area contributed by atoms with Crippen LogP contribution < -0.4 is 21.5 Å². The highest BCUT2D eigenvalue weighted by Crippen LogP contribution is 2.23. The number of hydrogen-bond donors (Lipinski definition) is 2.